The molecule has 5 heteroatoms. The Morgan fingerprint density at radius 1 is 0.750 bits per heavy atom. The molecule has 0 spiro atoms. The molecule has 28 heavy (non-hydrogen) atoms. The van der Waals surface area contributed by atoms with E-state index < -0.39 is 0 Å². The van der Waals surface area contributed by atoms with Gasteiger partial charge < -0.3 is 14.5 Å². The Hall–Kier alpha value is -2.04. The number of benzene rings is 1. The molecule has 1 aromatic rings. The molecule has 0 unspecified atom stereocenters. The normalized spacial score (nSPS) is 21.7. The van der Waals surface area contributed by atoms with E-state index in [9.17, 15) is 9.59 Å². The van der Waals surface area contributed by atoms with Crippen LogP contribution in [0.1, 0.15) is 68.1 Å². The molecule has 4 rings (SSSR count). The molecule has 3 fully saturated rings. The quantitative estimate of drug-likeness (QED) is 0.792. The molecule has 0 aromatic heterocycles. The highest BCUT2D eigenvalue weighted by molar-refractivity contribution is 5.94. The summed E-state index contributed by atoms with van der Waals surface area (Å²) in [5, 5.41) is 0. The van der Waals surface area contributed by atoms with Gasteiger partial charge in [-0.3, -0.25) is 9.59 Å². The van der Waals surface area contributed by atoms with Crippen molar-refractivity contribution >= 4 is 11.8 Å². The highest BCUT2D eigenvalue weighted by atomic mass is 16.5. The Kier molecular flexibility index (Phi) is 6.18. The maximum absolute atomic E-state index is 12.8. The number of nitrogens with zero attached hydrogens (tertiary/aromatic N) is 2. The third-order valence-electron chi connectivity index (χ3n) is 6.23. The Morgan fingerprint density at radius 3 is 1.96 bits per heavy atom. The average molecular weight is 385 g/mol. The minimum atomic E-state index is 0.139. The van der Waals surface area contributed by atoms with Gasteiger partial charge >= 0.3 is 0 Å². The fourth-order valence-electron chi connectivity index (χ4n) is 4.28. The number of ether oxygens (including phenoxy) is 1. The topological polar surface area (TPSA) is 49.9 Å². The van der Waals surface area contributed by atoms with Gasteiger partial charge in [-0.25, -0.2) is 0 Å². The van der Waals surface area contributed by atoms with Crippen LogP contribution in [0.15, 0.2) is 24.3 Å². The van der Waals surface area contributed by atoms with Gasteiger partial charge in [0.05, 0.1) is 0 Å². The minimum Gasteiger partial charge on any atom is -0.490 e. The molecule has 2 aliphatic heterocycles. The first-order valence-corrected chi connectivity index (χ1v) is 11.1. The molecule has 5 nitrogen and oxygen atoms in total. The van der Waals surface area contributed by atoms with E-state index in [0.717, 1.165) is 76.0 Å². The lowest BCUT2D eigenvalue weighted by Gasteiger charge is -2.32. The maximum Gasteiger partial charge on any atom is 0.253 e. The third-order valence-corrected chi connectivity index (χ3v) is 6.23. The number of piperidine rings is 1. The number of carbonyl (C=O) groups excluding carboxylic acids is 2. The Labute approximate surface area is 168 Å². The molecule has 0 atom stereocenters. The summed E-state index contributed by atoms with van der Waals surface area (Å²) in [6.07, 6.45) is 10.0. The SMILES string of the molecule is O=C(c1ccc(OC2CCN(C(=O)C3CC3)CC2)cc1)N1CCCCCCC1. The monoisotopic (exact) mass is 384 g/mol. The van der Waals surface area contributed by atoms with E-state index in [1.165, 1.54) is 19.3 Å². The second-order valence-electron chi connectivity index (χ2n) is 8.50. The lowest BCUT2D eigenvalue weighted by molar-refractivity contribution is -0.134. The third kappa shape index (κ3) is 4.86. The van der Waals surface area contributed by atoms with Crippen LogP contribution in [-0.2, 0) is 4.79 Å². The number of likely N-dealkylation sites (tertiary alicyclic amines) is 2. The van der Waals surface area contributed by atoms with Crippen molar-refractivity contribution in [2.45, 2.75) is 63.9 Å². The molecule has 0 N–H and O–H groups in total. The predicted molar refractivity (Wildman–Crippen MR) is 108 cm³/mol. The van der Waals surface area contributed by atoms with Crippen molar-refractivity contribution in [3.8, 4) is 5.75 Å². The number of carbonyl (C=O) groups is 2. The van der Waals surface area contributed by atoms with Gasteiger partial charge in [-0.2, -0.15) is 0 Å². The summed E-state index contributed by atoms with van der Waals surface area (Å²) in [5.41, 5.74) is 0.748. The maximum atomic E-state index is 12.8. The molecule has 1 aliphatic carbocycles. The highest BCUT2D eigenvalue weighted by Crippen LogP contribution is 2.32. The van der Waals surface area contributed by atoms with Gasteiger partial charge in [0.25, 0.3) is 5.91 Å². The molecular weight excluding hydrogens is 352 g/mol. The van der Waals surface area contributed by atoms with Crippen molar-refractivity contribution < 1.29 is 14.3 Å². The smallest absolute Gasteiger partial charge is 0.253 e. The summed E-state index contributed by atoms with van der Waals surface area (Å²) in [5.74, 6) is 1.60. The first-order chi connectivity index (χ1) is 13.7. The number of hydrogen-bond donors (Lipinski definition) is 0. The second-order valence-corrected chi connectivity index (χ2v) is 8.50. The summed E-state index contributed by atoms with van der Waals surface area (Å²) >= 11 is 0. The van der Waals surface area contributed by atoms with Crippen molar-refractivity contribution in [1.29, 1.82) is 0 Å². The van der Waals surface area contributed by atoms with E-state index >= 15 is 0 Å². The largest absolute Gasteiger partial charge is 0.490 e. The van der Waals surface area contributed by atoms with Gasteiger partial charge in [-0.1, -0.05) is 19.3 Å². The van der Waals surface area contributed by atoms with Crippen molar-refractivity contribution in [2.24, 2.45) is 5.92 Å². The van der Waals surface area contributed by atoms with Gasteiger partial charge in [0, 0.05) is 50.5 Å². The Bertz CT molecular complexity index is 668. The molecule has 152 valence electrons. The highest BCUT2D eigenvalue weighted by Gasteiger charge is 2.35. The summed E-state index contributed by atoms with van der Waals surface area (Å²) < 4.78 is 6.11. The second kappa shape index (κ2) is 8.97. The lowest BCUT2D eigenvalue weighted by atomic mass is 10.1. The number of hydrogen-bond acceptors (Lipinski definition) is 3. The van der Waals surface area contributed by atoms with Crippen LogP contribution in [0.4, 0.5) is 0 Å². The van der Waals surface area contributed by atoms with Crippen LogP contribution in [-0.4, -0.2) is 53.9 Å². The van der Waals surface area contributed by atoms with Gasteiger partial charge in [0.2, 0.25) is 5.91 Å². The molecule has 1 saturated carbocycles. The first kappa shape index (κ1) is 19.3. The fourth-order valence-corrected chi connectivity index (χ4v) is 4.28. The van der Waals surface area contributed by atoms with Crippen molar-refractivity contribution in [3.63, 3.8) is 0 Å². The zero-order valence-electron chi connectivity index (χ0n) is 16.8. The molecule has 0 radical (unpaired) electrons. The molecule has 2 heterocycles. The first-order valence-electron chi connectivity index (χ1n) is 11.1. The van der Waals surface area contributed by atoms with E-state index in [-0.39, 0.29) is 12.0 Å². The average Bonchev–Trinajstić information content (AvgIpc) is 3.53. The summed E-state index contributed by atoms with van der Waals surface area (Å²) in [6.45, 7) is 3.33. The zero-order chi connectivity index (χ0) is 19.3. The van der Waals surface area contributed by atoms with E-state index in [2.05, 4.69) is 0 Å². The summed E-state index contributed by atoms with van der Waals surface area (Å²) in [4.78, 5) is 28.9. The van der Waals surface area contributed by atoms with Crippen molar-refractivity contribution in [3.05, 3.63) is 29.8 Å². The van der Waals surface area contributed by atoms with Gasteiger partial charge in [-0.05, 0) is 49.9 Å². The molecule has 2 amide bonds. The van der Waals surface area contributed by atoms with Crippen LogP contribution in [0.25, 0.3) is 0 Å². The van der Waals surface area contributed by atoms with Crippen LogP contribution >= 0.6 is 0 Å². The molecule has 0 bridgehead atoms. The molecule has 1 aromatic carbocycles. The van der Waals surface area contributed by atoms with Gasteiger partial charge in [0.1, 0.15) is 11.9 Å². The number of amides is 2. The Balaban J connectivity index is 1.27. The predicted octanol–water partition coefficient (Wildman–Crippen LogP) is 3.87. The van der Waals surface area contributed by atoms with E-state index in [0.29, 0.717) is 11.8 Å². The van der Waals surface area contributed by atoms with Crippen molar-refractivity contribution in [1.82, 2.24) is 9.80 Å². The summed E-state index contributed by atoms with van der Waals surface area (Å²) in [6, 6.07) is 7.61. The standard InChI is InChI=1S/C23H32N2O3/c26-22(24-14-4-2-1-3-5-15-24)19-8-10-20(11-9-19)28-21-12-16-25(17-13-21)23(27)18-6-7-18/h8-11,18,21H,1-7,12-17H2. The number of rotatable bonds is 4. The van der Waals surface area contributed by atoms with Crippen LogP contribution in [0.3, 0.4) is 0 Å². The summed E-state index contributed by atoms with van der Waals surface area (Å²) in [7, 11) is 0. The lowest BCUT2D eigenvalue weighted by Crippen LogP contribution is -2.42. The molecule has 3 aliphatic rings. The van der Waals surface area contributed by atoms with E-state index in [1.807, 2.05) is 34.1 Å². The molecule has 2 saturated heterocycles. The van der Waals surface area contributed by atoms with Crippen LogP contribution < -0.4 is 4.74 Å². The molecular formula is C23H32N2O3. The van der Waals surface area contributed by atoms with Crippen LogP contribution in [0, 0.1) is 5.92 Å². The van der Waals surface area contributed by atoms with Gasteiger partial charge in [-0.15, -0.1) is 0 Å². The van der Waals surface area contributed by atoms with Gasteiger partial charge in [0.15, 0.2) is 0 Å². The minimum absolute atomic E-state index is 0.139. The van der Waals surface area contributed by atoms with E-state index in [4.69, 9.17) is 4.74 Å². The van der Waals surface area contributed by atoms with Crippen LogP contribution in [0.2, 0.25) is 0 Å². The van der Waals surface area contributed by atoms with Crippen LogP contribution in [0.5, 0.6) is 5.75 Å². The van der Waals surface area contributed by atoms with E-state index in [1.54, 1.807) is 0 Å². The fraction of sp³-hybridized carbons (Fsp3) is 0.652. The van der Waals surface area contributed by atoms with Crippen molar-refractivity contribution in [2.75, 3.05) is 26.2 Å². The zero-order valence-corrected chi connectivity index (χ0v) is 16.8. The Morgan fingerprint density at radius 2 is 1.36 bits per heavy atom.